The van der Waals surface area contributed by atoms with Crippen LogP contribution in [-0.2, 0) is 0 Å². The van der Waals surface area contributed by atoms with Crippen molar-refractivity contribution in [3.63, 3.8) is 0 Å². The summed E-state index contributed by atoms with van der Waals surface area (Å²) in [5.41, 5.74) is 12.1. The Kier molecular flexibility index (Phi) is 8.36. The molecule has 4 heteroatoms. The third-order valence-electron chi connectivity index (χ3n) is 10.1. The second kappa shape index (κ2) is 14.1. The Balaban J connectivity index is 1.08. The van der Waals surface area contributed by atoms with Gasteiger partial charge < -0.3 is 0 Å². The Morgan fingerprint density at radius 3 is 1.36 bits per heavy atom. The van der Waals surface area contributed by atoms with E-state index in [2.05, 4.69) is 158 Å². The number of benzene rings is 8. The van der Waals surface area contributed by atoms with E-state index in [9.17, 15) is 0 Å². The van der Waals surface area contributed by atoms with Gasteiger partial charge in [-0.25, -0.2) is 15.0 Å². The smallest absolute Gasteiger partial charge is 0.164 e. The summed E-state index contributed by atoms with van der Waals surface area (Å²) in [6.45, 7) is 0. The Morgan fingerprint density at radius 2 is 0.691 bits per heavy atom. The van der Waals surface area contributed by atoms with Gasteiger partial charge in [0.25, 0.3) is 0 Å². The fraction of sp³-hybridized carbons (Fsp3) is 0. The predicted octanol–water partition coefficient (Wildman–Crippen LogP) is 13.9. The molecular formula is C51H33N3S. The number of fused-ring (bicyclic) bond motifs is 3. The van der Waals surface area contributed by atoms with E-state index >= 15 is 0 Å². The van der Waals surface area contributed by atoms with Gasteiger partial charge in [-0.1, -0.05) is 164 Å². The summed E-state index contributed by atoms with van der Waals surface area (Å²) < 4.78 is 2.62. The van der Waals surface area contributed by atoms with Crippen LogP contribution in [0.3, 0.4) is 0 Å². The molecule has 0 spiro atoms. The lowest BCUT2D eigenvalue weighted by atomic mass is 9.92. The fourth-order valence-electron chi connectivity index (χ4n) is 7.36. The van der Waals surface area contributed by atoms with Crippen molar-refractivity contribution in [1.82, 2.24) is 15.0 Å². The molecule has 0 N–H and O–H groups in total. The average Bonchev–Trinajstić information content (AvgIpc) is 3.65. The number of aromatic nitrogens is 3. The largest absolute Gasteiger partial charge is 0.208 e. The van der Waals surface area contributed by atoms with Crippen LogP contribution in [0.25, 0.3) is 98.8 Å². The van der Waals surface area contributed by atoms with Gasteiger partial charge in [-0.15, -0.1) is 11.3 Å². The van der Waals surface area contributed by atoms with E-state index in [1.165, 1.54) is 42.4 Å². The molecule has 0 radical (unpaired) electrons. The third kappa shape index (κ3) is 6.39. The molecule has 8 aromatic carbocycles. The lowest BCUT2D eigenvalue weighted by molar-refractivity contribution is 1.07. The third-order valence-corrected chi connectivity index (χ3v) is 11.3. The van der Waals surface area contributed by atoms with E-state index in [0.717, 1.165) is 38.9 Å². The van der Waals surface area contributed by atoms with Gasteiger partial charge in [0.1, 0.15) is 0 Å². The molecule has 0 aliphatic heterocycles. The first-order chi connectivity index (χ1) is 27.2. The maximum absolute atomic E-state index is 5.12. The Labute approximate surface area is 323 Å². The van der Waals surface area contributed by atoms with Crippen LogP contribution in [0.2, 0.25) is 0 Å². The number of nitrogens with zero attached hydrogens (tertiary/aromatic N) is 3. The van der Waals surface area contributed by atoms with E-state index in [1.54, 1.807) is 0 Å². The highest BCUT2D eigenvalue weighted by atomic mass is 32.1. The molecule has 10 aromatic rings. The van der Waals surface area contributed by atoms with Crippen molar-refractivity contribution >= 4 is 31.5 Å². The van der Waals surface area contributed by atoms with Gasteiger partial charge >= 0.3 is 0 Å². The lowest BCUT2D eigenvalue weighted by Gasteiger charge is -2.13. The first-order valence-corrected chi connectivity index (χ1v) is 19.2. The van der Waals surface area contributed by atoms with E-state index in [0.29, 0.717) is 17.5 Å². The van der Waals surface area contributed by atoms with Crippen LogP contribution in [0.15, 0.2) is 200 Å². The maximum atomic E-state index is 5.12. The maximum Gasteiger partial charge on any atom is 0.164 e. The molecule has 55 heavy (non-hydrogen) atoms. The van der Waals surface area contributed by atoms with Gasteiger partial charge in [0.05, 0.1) is 0 Å². The van der Waals surface area contributed by atoms with E-state index < -0.39 is 0 Å². The summed E-state index contributed by atoms with van der Waals surface area (Å²) in [5.74, 6) is 1.92. The lowest BCUT2D eigenvalue weighted by Crippen LogP contribution is -2.01. The molecule has 258 valence electrons. The Bertz CT molecular complexity index is 2950. The second-order valence-corrected chi connectivity index (χ2v) is 14.7. The highest BCUT2D eigenvalue weighted by Crippen LogP contribution is 2.39. The van der Waals surface area contributed by atoms with Crippen LogP contribution in [0.4, 0.5) is 0 Å². The summed E-state index contributed by atoms with van der Waals surface area (Å²) in [4.78, 5) is 15.2. The van der Waals surface area contributed by atoms with Gasteiger partial charge in [0, 0.05) is 36.9 Å². The van der Waals surface area contributed by atoms with Crippen LogP contribution in [0.1, 0.15) is 0 Å². The number of rotatable bonds is 7. The fourth-order valence-corrected chi connectivity index (χ4v) is 8.45. The van der Waals surface area contributed by atoms with Crippen molar-refractivity contribution in [3.8, 4) is 78.7 Å². The number of thiophene rings is 1. The molecule has 0 amide bonds. The number of hydrogen-bond acceptors (Lipinski definition) is 4. The molecule has 2 aromatic heterocycles. The van der Waals surface area contributed by atoms with Crippen molar-refractivity contribution in [2.24, 2.45) is 0 Å². The van der Waals surface area contributed by atoms with Crippen molar-refractivity contribution < 1.29 is 0 Å². The van der Waals surface area contributed by atoms with Gasteiger partial charge in [-0.3, -0.25) is 0 Å². The Morgan fingerprint density at radius 1 is 0.255 bits per heavy atom. The van der Waals surface area contributed by atoms with Gasteiger partial charge in [0.15, 0.2) is 17.5 Å². The van der Waals surface area contributed by atoms with Crippen molar-refractivity contribution in [2.45, 2.75) is 0 Å². The standard InChI is InChI=1S/C51H33N3S/c1-4-14-34(15-5-1)40-30-41(32-42(31-40)39-28-29-48-46(33-39)44-21-12-13-23-47(44)55-48)35-24-26-38(27-25-35)50-52-49(37-18-8-3-9-19-37)53-51(54-50)45-22-11-10-20-43(45)36-16-6-2-7-17-36/h1-33H. The SMILES string of the molecule is c1ccc(-c2cc(-c3ccc(-c4nc(-c5ccccc5)nc(-c5ccccc5-c5ccccc5)n4)cc3)cc(-c3ccc4sc5ccccc5c4c3)c2)cc1. The highest BCUT2D eigenvalue weighted by molar-refractivity contribution is 7.25. The van der Waals surface area contributed by atoms with E-state index in [1.807, 2.05) is 53.8 Å². The molecule has 3 nitrogen and oxygen atoms in total. The highest BCUT2D eigenvalue weighted by Gasteiger charge is 2.16. The van der Waals surface area contributed by atoms with Crippen LogP contribution in [0, 0.1) is 0 Å². The molecule has 0 atom stereocenters. The first kappa shape index (κ1) is 32.6. The van der Waals surface area contributed by atoms with Crippen molar-refractivity contribution in [1.29, 1.82) is 0 Å². The van der Waals surface area contributed by atoms with Gasteiger partial charge in [-0.2, -0.15) is 0 Å². The molecule has 10 rings (SSSR count). The average molecular weight is 720 g/mol. The minimum atomic E-state index is 0.633. The van der Waals surface area contributed by atoms with Crippen molar-refractivity contribution in [3.05, 3.63) is 200 Å². The summed E-state index contributed by atoms with van der Waals surface area (Å²) >= 11 is 1.85. The molecule has 0 unspecified atom stereocenters. The molecule has 0 bridgehead atoms. The van der Waals surface area contributed by atoms with Crippen LogP contribution >= 0.6 is 11.3 Å². The molecule has 0 fully saturated rings. The summed E-state index contributed by atoms with van der Waals surface area (Å²) in [5, 5.41) is 2.60. The summed E-state index contributed by atoms with van der Waals surface area (Å²) in [6, 6.07) is 70.6. The minimum Gasteiger partial charge on any atom is -0.208 e. The minimum absolute atomic E-state index is 0.633. The Hall–Kier alpha value is -7.01. The predicted molar refractivity (Wildman–Crippen MR) is 231 cm³/mol. The zero-order valence-electron chi connectivity index (χ0n) is 29.8. The quantitative estimate of drug-likeness (QED) is 0.165. The normalized spacial score (nSPS) is 11.3. The molecular weight excluding hydrogens is 687 g/mol. The zero-order chi connectivity index (χ0) is 36.6. The van der Waals surface area contributed by atoms with Crippen LogP contribution < -0.4 is 0 Å². The second-order valence-electron chi connectivity index (χ2n) is 13.6. The molecule has 0 aliphatic carbocycles. The van der Waals surface area contributed by atoms with Crippen molar-refractivity contribution in [2.75, 3.05) is 0 Å². The van der Waals surface area contributed by atoms with Gasteiger partial charge in [-0.05, 0) is 80.9 Å². The molecule has 0 aliphatic rings. The van der Waals surface area contributed by atoms with Crippen LogP contribution in [0.5, 0.6) is 0 Å². The zero-order valence-corrected chi connectivity index (χ0v) is 30.6. The summed E-state index contributed by atoms with van der Waals surface area (Å²) in [7, 11) is 0. The van der Waals surface area contributed by atoms with Crippen LogP contribution in [-0.4, -0.2) is 15.0 Å². The number of hydrogen-bond donors (Lipinski definition) is 0. The first-order valence-electron chi connectivity index (χ1n) is 18.4. The van der Waals surface area contributed by atoms with E-state index in [-0.39, 0.29) is 0 Å². The molecule has 0 saturated heterocycles. The molecule has 0 saturated carbocycles. The summed E-state index contributed by atoms with van der Waals surface area (Å²) in [6.07, 6.45) is 0. The topological polar surface area (TPSA) is 38.7 Å². The molecule has 2 heterocycles. The monoisotopic (exact) mass is 719 g/mol. The van der Waals surface area contributed by atoms with Gasteiger partial charge in [0.2, 0.25) is 0 Å². The van der Waals surface area contributed by atoms with E-state index in [4.69, 9.17) is 15.0 Å².